The fourth-order valence-electron chi connectivity index (χ4n) is 1.46. The second-order valence-electron chi connectivity index (χ2n) is 4.48. The zero-order chi connectivity index (χ0) is 12.2. The van der Waals surface area contributed by atoms with E-state index in [0.717, 1.165) is 12.8 Å². The number of carbonyl (C=O) groups is 2. The fourth-order valence-corrected chi connectivity index (χ4v) is 1.46. The molecule has 1 aliphatic carbocycles. The van der Waals surface area contributed by atoms with Gasteiger partial charge in [-0.15, -0.1) is 0 Å². The molecule has 0 radical (unpaired) electrons. The lowest BCUT2D eigenvalue weighted by molar-refractivity contribution is -0.155. The lowest BCUT2D eigenvalue weighted by Crippen LogP contribution is -2.45. The Labute approximate surface area is 95.2 Å². The van der Waals surface area contributed by atoms with Crippen LogP contribution in [-0.2, 0) is 14.3 Å². The molecule has 0 aromatic rings. The van der Waals surface area contributed by atoms with Crippen molar-refractivity contribution >= 4 is 11.9 Å². The summed E-state index contributed by atoms with van der Waals surface area (Å²) in [6.07, 6.45) is 2.78. The molecule has 0 bridgehead atoms. The Morgan fingerprint density at radius 1 is 1.50 bits per heavy atom. The van der Waals surface area contributed by atoms with Gasteiger partial charge in [0.05, 0.1) is 0 Å². The van der Waals surface area contributed by atoms with Gasteiger partial charge in [0.1, 0.15) is 5.41 Å². The topological polar surface area (TPSA) is 75.6 Å². The molecule has 2 N–H and O–H groups in total. The third-order valence-corrected chi connectivity index (χ3v) is 2.91. The molecule has 16 heavy (non-hydrogen) atoms. The molecule has 1 rings (SSSR count). The summed E-state index contributed by atoms with van der Waals surface area (Å²) in [6, 6.07) is 0.189. The molecule has 0 heterocycles. The predicted molar refractivity (Wildman–Crippen MR) is 58.0 cm³/mol. The summed E-state index contributed by atoms with van der Waals surface area (Å²) in [5, 5.41) is 11.9. The van der Waals surface area contributed by atoms with Crippen LogP contribution >= 0.6 is 0 Å². The number of hydrogen-bond donors (Lipinski definition) is 2. The van der Waals surface area contributed by atoms with Crippen molar-refractivity contribution in [2.75, 3.05) is 13.7 Å². The largest absolute Gasteiger partial charge is 0.480 e. The lowest BCUT2D eigenvalue weighted by Gasteiger charge is -2.23. The number of carboxylic acid groups (broad SMARTS) is 1. The van der Waals surface area contributed by atoms with Gasteiger partial charge >= 0.3 is 5.97 Å². The highest BCUT2D eigenvalue weighted by Gasteiger charge is 2.42. The summed E-state index contributed by atoms with van der Waals surface area (Å²) in [5.74, 6) is -1.44. The third-order valence-electron chi connectivity index (χ3n) is 2.91. The van der Waals surface area contributed by atoms with E-state index < -0.39 is 11.4 Å². The van der Waals surface area contributed by atoms with E-state index in [1.54, 1.807) is 7.11 Å². The Morgan fingerprint density at radius 3 is 2.56 bits per heavy atom. The first-order chi connectivity index (χ1) is 7.50. The number of nitrogens with one attached hydrogen (secondary N) is 1. The molecule has 0 saturated heterocycles. The maximum atomic E-state index is 11.8. The first-order valence-corrected chi connectivity index (χ1v) is 5.54. The molecule has 0 spiro atoms. The minimum Gasteiger partial charge on any atom is -0.480 e. The molecular formula is C11H19NO4. The van der Waals surface area contributed by atoms with Gasteiger partial charge in [-0.05, 0) is 32.6 Å². The molecule has 0 aliphatic heterocycles. The van der Waals surface area contributed by atoms with Crippen LogP contribution in [0.25, 0.3) is 0 Å². The van der Waals surface area contributed by atoms with E-state index in [9.17, 15) is 9.59 Å². The van der Waals surface area contributed by atoms with Crippen LogP contribution in [0.2, 0.25) is 0 Å². The van der Waals surface area contributed by atoms with Crippen molar-refractivity contribution in [1.82, 2.24) is 5.32 Å². The SMILES string of the molecule is COCCCC(C)(C(=O)O)C(=O)NC1CC1. The van der Waals surface area contributed by atoms with E-state index in [-0.39, 0.29) is 11.9 Å². The average molecular weight is 229 g/mol. The van der Waals surface area contributed by atoms with Gasteiger partial charge in [0.2, 0.25) is 5.91 Å². The summed E-state index contributed by atoms with van der Waals surface area (Å²) in [6.45, 7) is 1.95. The standard InChI is InChI=1S/C11H19NO4/c1-11(10(14)15,6-3-7-16-2)9(13)12-8-4-5-8/h8H,3-7H2,1-2H3,(H,12,13)(H,14,15). The summed E-state index contributed by atoms with van der Waals surface area (Å²) >= 11 is 0. The van der Waals surface area contributed by atoms with E-state index in [2.05, 4.69) is 5.32 Å². The Kier molecular flexibility index (Phi) is 4.29. The highest BCUT2D eigenvalue weighted by Crippen LogP contribution is 2.27. The molecule has 1 amide bonds. The molecular weight excluding hydrogens is 210 g/mol. The van der Waals surface area contributed by atoms with Crippen LogP contribution in [0.15, 0.2) is 0 Å². The number of carboxylic acids is 1. The van der Waals surface area contributed by atoms with E-state index in [0.29, 0.717) is 19.4 Å². The van der Waals surface area contributed by atoms with E-state index in [1.807, 2.05) is 0 Å². The van der Waals surface area contributed by atoms with Crippen LogP contribution in [-0.4, -0.2) is 36.7 Å². The highest BCUT2D eigenvalue weighted by molar-refractivity contribution is 6.01. The van der Waals surface area contributed by atoms with Gasteiger partial charge in [0.15, 0.2) is 0 Å². The average Bonchev–Trinajstić information content (AvgIpc) is 3.01. The monoisotopic (exact) mass is 229 g/mol. The third kappa shape index (κ3) is 3.20. The van der Waals surface area contributed by atoms with Gasteiger partial charge in [-0.3, -0.25) is 9.59 Å². The normalized spacial score (nSPS) is 18.9. The van der Waals surface area contributed by atoms with Gasteiger partial charge in [0, 0.05) is 19.8 Å². The number of aliphatic carboxylic acids is 1. The van der Waals surface area contributed by atoms with Crippen LogP contribution in [0, 0.1) is 5.41 Å². The van der Waals surface area contributed by atoms with Crippen molar-refractivity contribution in [2.45, 2.75) is 38.6 Å². The molecule has 1 aliphatic rings. The predicted octanol–water partition coefficient (Wildman–Crippen LogP) is 0.782. The minimum absolute atomic E-state index is 0.189. The van der Waals surface area contributed by atoms with Crippen LogP contribution in [0.5, 0.6) is 0 Å². The second kappa shape index (κ2) is 5.30. The fraction of sp³-hybridized carbons (Fsp3) is 0.818. The zero-order valence-corrected chi connectivity index (χ0v) is 9.78. The van der Waals surface area contributed by atoms with Gasteiger partial charge in [0.25, 0.3) is 0 Å². The number of rotatable bonds is 7. The Balaban J connectivity index is 2.54. The maximum absolute atomic E-state index is 11.8. The molecule has 0 aromatic heterocycles. The van der Waals surface area contributed by atoms with Gasteiger partial charge in [-0.1, -0.05) is 0 Å². The zero-order valence-electron chi connectivity index (χ0n) is 9.78. The molecule has 92 valence electrons. The molecule has 5 nitrogen and oxygen atoms in total. The molecule has 5 heteroatoms. The van der Waals surface area contributed by atoms with Crippen LogP contribution in [0.1, 0.15) is 32.6 Å². The summed E-state index contributed by atoms with van der Waals surface area (Å²) in [5.41, 5.74) is -1.33. The van der Waals surface area contributed by atoms with Crippen LogP contribution < -0.4 is 5.32 Å². The smallest absolute Gasteiger partial charge is 0.318 e. The Bertz CT molecular complexity index is 275. The van der Waals surface area contributed by atoms with Crippen molar-refractivity contribution in [3.05, 3.63) is 0 Å². The lowest BCUT2D eigenvalue weighted by atomic mass is 9.84. The Morgan fingerprint density at radius 2 is 2.12 bits per heavy atom. The van der Waals surface area contributed by atoms with Gasteiger partial charge < -0.3 is 15.2 Å². The van der Waals surface area contributed by atoms with Crippen molar-refractivity contribution in [3.8, 4) is 0 Å². The van der Waals surface area contributed by atoms with E-state index >= 15 is 0 Å². The van der Waals surface area contributed by atoms with E-state index in [4.69, 9.17) is 9.84 Å². The molecule has 1 atom stereocenters. The first kappa shape index (κ1) is 13.0. The maximum Gasteiger partial charge on any atom is 0.318 e. The highest BCUT2D eigenvalue weighted by atomic mass is 16.5. The van der Waals surface area contributed by atoms with Gasteiger partial charge in [-0.2, -0.15) is 0 Å². The van der Waals surface area contributed by atoms with Crippen molar-refractivity contribution in [2.24, 2.45) is 5.41 Å². The summed E-state index contributed by atoms with van der Waals surface area (Å²) in [4.78, 5) is 23.0. The number of methoxy groups -OCH3 is 1. The number of amides is 1. The second-order valence-corrected chi connectivity index (χ2v) is 4.48. The Hall–Kier alpha value is -1.10. The van der Waals surface area contributed by atoms with Crippen molar-refractivity contribution in [1.29, 1.82) is 0 Å². The minimum atomic E-state index is -1.33. The number of carbonyl (C=O) groups excluding carboxylic acids is 1. The van der Waals surface area contributed by atoms with E-state index in [1.165, 1.54) is 6.92 Å². The summed E-state index contributed by atoms with van der Waals surface area (Å²) in [7, 11) is 1.56. The molecule has 1 saturated carbocycles. The molecule has 1 unspecified atom stereocenters. The van der Waals surface area contributed by atoms with Gasteiger partial charge in [-0.25, -0.2) is 0 Å². The van der Waals surface area contributed by atoms with Crippen LogP contribution in [0.3, 0.4) is 0 Å². The summed E-state index contributed by atoms with van der Waals surface area (Å²) < 4.78 is 4.87. The van der Waals surface area contributed by atoms with Crippen molar-refractivity contribution in [3.63, 3.8) is 0 Å². The number of hydrogen-bond acceptors (Lipinski definition) is 3. The van der Waals surface area contributed by atoms with Crippen LogP contribution in [0.4, 0.5) is 0 Å². The number of ether oxygens (including phenoxy) is 1. The van der Waals surface area contributed by atoms with Crippen molar-refractivity contribution < 1.29 is 19.4 Å². The first-order valence-electron chi connectivity index (χ1n) is 5.54. The molecule has 0 aromatic carbocycles. The molecule has 1 fully saturated rings. The quantitative estimate of drug-likeness (QED) is 0.499.